The summed E-state index contributed by atoms with van der Waals surface area (Å²) in [5.74, 6) is 0.156. The summed E-state index contributed by atoms with van der Waals surface area (Å²) in [5.41, 5.74) is 1.91. The number of rotatable bonds is 4. The van der Waals surface area contributed by atoms with Crippen LogP contribution in [0.1, 0.15) is 42.6 Å². The van der Waals surface area contributed by atoms with Gasteiger partial charge in [0.25, 0.3) is 5.91 Å². The van der Waals surface area contributed by atoms with Gasteiger partial charge in [-0.15, -0.1) is 0 Å². The van der Waals surface area contributed by atoms with Crippen LogP contribution in [-0.4, -0.2) is 47.9 Å². The summed E-state index contributed by atoms with van der Waals surface area (Å²) in [6.45, 7) is 10.4. The van der Waals surface area contributed by atoms with Crippen molar-refractivity contribution in [3.8, 4) is 0 Å². The fourth-order valence-corrected chi connectivity index (χ4v) is 3.56. The Bertz CT molecular complexity index is 492. The number of carbonyl (C=O) groups is 1. The van der Waals surface area contributed by atoms with Crippen molar-refractivity contribution in [2.75, 3.05) is 26.2 Å². The third-order valence-corrected chi connectivity index (χ3v) is 5.12. The Kier molecular flexibility index (Phi) is 5.82. The van der Waals surface area contributed by atoms with Crippen molar-refractivity contribution in [1.82, 2.24) is 9.80 Å². The maximum Gasteiger partial charge on any atom is 0.255 e. The fourth-order valence-electron chi connectivity index (χ4n) is 3.15. The molecule has 1 aliphatic rings. The zero-order valence-corrected chi connectivity index (χ0v) is 14.8. The molecule has 1 fully saturated rings. The Morgan fingerprint density at radius 3 is 2.48 bits per heavy atom. The van der Waals surface area contributed by atoms with Crippen LogP contribution in [-0.2, 0) is 0 Å². The van der Waals surface area contributed by atoms with Gasteiger partial charge in [-0.2, -0.15) is 0 Å². The second-order valence-corrected chi connectivity index (χ2v) is 6.58. The van der Waals surface area contributed by atoms with Gasteiger partial charge in [-0.25, -0.2) is 0 Å². The molecule has 21 heavy (non-hydrogen) atoms. The number of aryl methyl sites for hydroxylation is 1. The number of piperidine rings is 1. The number of carbonyl (C=O) groups excluding carboxylic acids is 1. The molecule has 1 amide bonds. The lowest BCUT2D eigenvalue weighted by molar-refractivity contribution is 0.0630. The van der Waals surface area contributed by atoms with Crippen LogP contribution in [0.25, 0.3) is 0 Å². The van der Waals surface area contributed by atoms with Crippen LogP contribution < -0.4 is 0 Å². The number of benzene rings is 1. The Morgan fingerprint density at radius 1 is 1.29 bits per heavy atom. The lowest BCUT2D eigenvalue weighted by Crippen LogP contribution is -2.46. The summed E-state index contributed by atoms with van der Waals surface area (Å²) in [6.07, 6.45) is 2.16. The van der Waals surface area contributed by atoms with E-state index in [2.05, 4.69) is 34.7 Å². The van der Waals surface area contributed by atoms with Gasteiger partial charge in [0.2, 0.25) is 0 Å². The lowest BCUT2D eigenvalue weighted by atomic mass is 10.0. The van der Waals surface area contributed by atoms with Crippen LogP contribution in [0, 0.1) is 6.92 Å². The molecule has 1 aliphatic heterocycles. The first kappa shape index (κ1) is 16.5. The predicted octanol–water partition coefficient (Wildman–Crippen LogP) is 3.70. The predicted molar refractivity (Wildman–Crippen MR) is 90.7 cm³/mol. The van der Waals surface area contributed by atoms with Gasteiger partial charge in [0.05, 0.1) is 5.56 Å². The molecule has 1 aromatic carbocycles. The molecule has 0 N–H and O–H groups in total. The van der Waals surface area contributed by atoms with E-state index in [9.17, 15) is 4.79 Å². The van der Waals surface area contributed by atoms with Crippen LogP contribution in [0.3, 0.4) is 0 Å². The van der Waals surface area contributed by atoms with Crippen molar-refractivity contribution >= 4 is 21.8 Å². The summed E-state index contributed by atoms with van der Waals surface area (Å²) in [6, 6.07) is 6.59. The highest BCUT2D eigenvalue weighted by Gasteiger charge is 2.26. The summed E-state index contributed by atoms with van der Waals surface area (Å²) >= 11 is 3.50. The largest absolute Gasteiger partial charge is 0.338 e. The number of nitrogens with zero attached hydrogens (tertiary/aromatic N) is 2. The second kappa shape index (κ2) is 7.41. The number of amides is 1. The third-order valence-electron chi connectivity index (χ3n) is 4.43. The molecule has 0 atom stereocenters. The van der Waals surface area contributed by atoms with Gasteiger partial charge in [-0.1, -0.05) is 25.5 Å². The van der Waals surface area contributed by atoms with E-state index >= 15 is 0 Å². The summed E-state index contributed by atoms with van der Waals surface area (Å²) in [7, 11) is 0. The van der Waals surface area contributed by atoms with Crippen molar-refractivity contribution in [3.63, 3.8) is 0 Å². The number of likely N-dealkylation sites (tertiary alicyclic amines) is 1. The Hall–Kier alpha value is -0.870. The second-order valence-electron chi connectivity index (χ2n) is 5.73. The van der Waals surface area contributed by atoms with Crippen molar-refractivity contribution in [2.45, 2.75) is 39.7 Å². The van der Waals surface area contributed by atoms with Crippen LogP contribution in [0.4, 0.5) is 0 Å². The van der Waals surface area contributed by atoms with E-state index in [1.807, 2.05) is 30.0 Å². The topological polar surface area (TPSA) is 23.6 Å². The maximum atomic E-state index is 12.7. The smallest absolute Gasteiger partial charge is 0.255 e. The van der Waals surface area contributed by atoms with E-state index < -0.39 is 0 Å². The van der Waals surface area contributed by atoms with Crippen molar-refractivity contribution in [1.29, 1.82) is 0 Å². The van der Waals surface area contributed by atoms with Crippen LogP contribution in [0.2, 0.25) is 0 Å². The summed E-state index contributed by atoms with van der Waals surface area (Å²) in [4.78, 5) is 17.2. The third kappa shape index (κ3) is 3.86. The van der Waals surface area contributed by atoms with Gasteiger partial charge < -0.3 is 9.80 Å². The van der Waals surface area contributed by atoms with E-state index in [4.69, 9.17) is 0 Å². The molecule has 0 unspecified atom stereocenters. The molecule has 0 spiro atoms. The number of hydrogen-bond donors (Lipinski definition) is 0. The Balaban J connectivity index is 2.02. The monoisotopic (exact) mass is 352 g/mol. The minimum absolute atomic E-state index is 0.156. The normalized spacial score (nSPS) is 16.5. The molecule has 1 saturated heterocycles. The SMILES string of the molecule is CCN(CC)C1CCN(C(=O)c2cc(C)ccc2Br)CC1. The average molecular weight is 353 g/mol. The van der Waals surface area contributed by atoms with Crippen LogP contribution >= 0.6 is 15.9 Å². The van der Waals surface area contributed by atoms with Crippen molar-refractivity contribution in [3.05, 3.63) is 33.8 Å². The van der Waals surface area contributed by atoms with Gasteiger partial charge in [0.15, 0.2) is 0 Å². The van der Waals surface area contributed by atoms with Crippen LogP contribution in [0.15, 0.2) is 22.7 Å². The molecule has 0 aliphatic carbocycles. The van der Waals surface area contributed by atoms with E-state index in [0.717, 1.165) is 54.6 Å². The molecule has 0 aromatic heterocycles. The molecule has 1 heterocycles. The van der Waals surface area contributed by atoms with Gasteiger partial charge in [0, 0.05) is 23.6 Å². The van der Waals surface area contributed by atoms with Crippen LogP contribution in [0.5, 0.6) is 0 Å². The van der Waals surface area contributed by atoms with Gasteiger partial charge in [-0.05, 0) is 60.9 Å². The van der Waals surface area contributed by atoms with Gasteiger partial charge in [0.1, 0.15) is 0 Å². The Labute approximate surface area is 136 Å². The molecule has 4 heteroatoms. The highest BCUT2D eigenvalue weighted by molar-refractivity contribution is 9.10. The van der Waals surface area contributed by atoms with E-state index in [1.165, 1.54) is 0 Å². The molecular weight excluding hydrogens is 328 g/mol. The molecule has 1 aromatic rings. The first-order valence-corrected chi connectivity index (χ1v) is 8.65. The number of halogens is 1. The molecule has 0 saturated carbocycles. The maximum absolute atomic E-state index is 12.7. The fraction of sp³-hybridized carbons (Fsp3) is 0.588. The standard InChI is InChI=1S/C17H25BrN2O/c1-4-19(5-2)14-8-10-20(11-9-14)17(21)15-12-13(3)6-7-16(15)18/h6-7,12,14H,4-5,8-11H2,1-3H3. The summed E-state index contributed by atoms with van der Waals surface area (Å²) in [5, 5.41) is 0. The van der Waals surface area contributed by atoms with E-state index in [-0.39, 0.29) is 5.91 Å². The molecule has 3 nitrogen and oxygen atoms in total. The van der Waals surface area contributed by atoms with Crippen molar-refractivity contribution in [2.24, 2.45) is 0 Å². The lowest BCUT2D eigenvalue weighted by Gasteiger charge is -2.37. The zero-order chi connectivity index (χ0) is 15.4. The van der Waals surface area contributed by atoms with Gasteiger partial charge in [-0.3, -0.25) is 4.79 Å². The first-order chi connectivity index (χ1) is 10.1. The minimum atomic E-state index is 0.156. The highest BCUT2D eigenvalue weighted by atomic mass is 79.9. The van der Waals surface area contributed by atoms with E-state index in [0.29, 0.717) is 6.04 Å². The minimum Gasteiger partial charge on any atom is -0.338 e. The quantitative estimate of drug-likeness (QED) is 0.824. The van der Waals surface area contributed by atoms with Gasteiger partial charge >= 0.3 is 0 Å². The molecular formula is C17H25BrN2O. The van der Waals surface area contributed by atoms with Crippen molar-refractivity contribution < 1.29 is 4.79 Å². The molecule has 0 bridgehead atoms. The van der Waals surface area contributed by atoms with E-state index in [1.54, 1.807) is 0 Å². The average Bonchev–Trinajstić information content (AvgIpc) is 2.51. The molecule has 2 rings (SSSR count). The molecule has 116 valence electrons. The zero-order valence-electron chi connectivity index (χ0n) is 13.2. The molecule has 0 radical (unpaired) electrons. The Morgan fingerprint density at radius 2 is 1.90 bits per heavy atom. The first-order valence-electron chi connectivity index (χ1n) is 7.86. The number of hydrogen-bond acceptors (Lipinski definition) is 2. The highest BCUT2D eigenvalue weighted by Crippen LogP contribution is 2.23. The summed E-state index contributed by atoms with van der Waals surface area (Å²) < 4.78 is 0.893.